The number of aliphatic hydroxyl groups excluding tert-OH is 1. The first kappa shape index (κ1) is 17.8. The Morgan fingerprint density at radius 2 is 2.09 bits per heavy atom. The van der Waals surface area contributed by atoms with Crippen LogP contribution < -0.4 is 0 Å². The van der Waals surface area contributed by atoms with Crippen LogP contribution in [0.15, 0.2) is 11.6 Å². The molecule has 2 rings (SSSR count). The molecule has 2 atom stereocenters. The van der Waals surface area contributed by atoms with Gasteiger partial charge in [-0.05, 0) is 19.9 Å². The molecule has 128 valence electrons. The fraction of sp³-hybridized carbons (Fsp3) is 0.733. The molecular formula is C15H20F3N3O2. The van der Waals surface area contributed by atoms with Crippen LogP contribution in [-0.2, 0) is 4.79 Å². The number of likely N-dealkylation sites (tertiary alicyclic amines) is 2. The summed E-state index contributed by atoms with van der Waals surface area (Å²) >= 11 is 0. The molecule has 2 aliphatic rings. The molecule has 8 heteroatoms. The van der Waals surface area contributed by atoms with E-state index in [-0.39, 0.29) is 31.6 Å². The lowest BCUT2D eigenvalue weighted by Gasteiger charge is -2.33. The maximum absolute atomic E-state index is 13.4. The molecule has 1 amide bonds. The fourth-order valence-corrected chi connectivity index (χ4v) is 2.90. The number of β-amino-alcohol motifs (C(OH)–C–C–N with tert-alkyl or cyclic N) is 1. The Labute approximate surface area is 133 Å². The number of alkyl halides is 3. The Morgan fingerprint density at radius 1 is 1.43 bits per heavy atom. The maximum atomic E-state index is 13.4. The van der Waals surface area contributed by atoms with E-state index in [2.05, 4.69) is 0 Å². The van der Waals surface area contributed by atoms with Crippen LogP contribution in [0.4, 0.5) is 13.2 Å². The number of nitriles is 1. The Balaban J connectivity index is 2.15. The number of hydrogen-bond donors (Lipinski definition) is 1. The third-order valence-corrected chi connectivity index (χ3v) is 4.34. The predicted octanol–water partition coefficient (Wildman–Crippen LogP) is 1.10. The highest BCUT2D eigenvalue weighted by molar-refractivity contribution is 5.97. The lowest BCUT2D eigenvalue weighted by Crippen LogP contribution is -2.43. The average molecular weight is 331 g/mol. The van der Waals surface area contributed by atoms with Crippen molar-refractivity contribution in [3.05, 3.63) is 11.6 Å². The second kappa shape index (κ2) is 6.13. The monoisotopic (exact) mass is 331 g/mol. The fourth-order valence-electron chi connectivity index (χ4n) is 2.90. The minimum atomic E-state index is -2.78. The number of rotatable bonds is 3. The molecule has 23 heavy (non-hydrogen) atoms. The molecule has 0 unspecified atom stereocenters. The van der Waals surface area contributed by atoms with Gasteiger partial charge in [0.2, 0.25) is 0 Å². The number of carbonyl (C=O) groups is 1. The number of nitrogens with zero attached hydrogens (tertiary/aromatic N) is 3. The summed E-state index contributed by atoms with van der Waals surface area (Å²) in [7, 11) is 0. The molecule has 0 aromatic carbocycles. The van der Waals surface area contributed by atoms with Crippen LogP contribution in [0, 0.1) is 11.3 Å². The molecule has 0 bridgehead atoms. The van der Waals surface area contributed by atoms with Gasteiger partial charge in [0, 0.05) is 25.0 Å². The molecule has 5 nitrogen and oxygen atoms in total. The van der Waals surface area contributed by atoms with Crippen LogP contribution in [0.25, 0.3) is 0 Å². The zero-order valence-electron chi connectivity index (χ0n) is 13.1. The van der Waals surface area contributed by atoms with E-state index in [4.69, 9.17) is 0 Å². The molecule has 0 aromatic rings. The first-order chi connectivity index (χ1) is 10.6. The van der Waals surface area contributed by atoms with Gasteiger partial charge in [-0.1, -0.05) is 0 Å². The zero-order chi connectivity index (χ0) is 17.4. The van der Waals surface area contributed by atoms with Gasteiger partial charge in [0.15, 0.2) is 0 Å². The standard InChI is InChI=1S/C15H20F3N3O2/c1-14(2,21-4-3-15(17,18)9-21)5-10(6-19)13(23)20-7-11(16)12(22)8-20/h5,11-12,22H,3-4,7-9H2,1-2H3/b10-5-/t11-,12-/m0/s1. The van der Waals surface area contributed by atoms with Crippen LogP contribution >= 0.6 is 0 Å². The van der Waals surface area contributed by atoms with Gasteiger partial charge >= 0.3 is 0 Å². The summed E-state index contributed by atoms with van der Waals surface area (Å²) in [6, 6.07) is 1.76. The number of amides is 1. The largest absolute Gasteiger partial charge is 0.388 e. The van der Waals surface area contributed by atoms with E-state index >= 15 is 0 Å². The van der Waals surface area contributed by atoms with Crippen molar-refractivity contribution in [3.63, 3.8) is 0 Å². The number of halogens is 3. The quantitative estimate of drug-likeness (QED) is 0.621. The Bertz CT molecular complexity index is 547. The number of carbonyl (C=O) groups excluding carboxylic acids is 1. The van der Waals surface area contributed by atoms with Crippen LogP contribution in [0.5, 0.6) is 0 Å². The van der Waals surface area contributed by atoms with Crippen molar-refractivity contribution in [3.8, 4) is 6.07 Å². The Morgan fingerprint density at radius 3 is 2.52 bits per heavy atom. The third-order valence-electron chi connectivity index (χ3n) is 4.34. The third kappa shape index (κ3) is 3.85. The van der Waals surface area contributed by atoms with Crippen molar-refractivity contribution < 1.29 is 23.1 Å². The molecule has 0 aromatic heterocycles. The van der Waals surface area contributed by atoms with Gasteiger partial charge in [-0.2, -0.15) is 5.26 Å². The van der Waals surface area contributed by atoms with Crippen LogP contribution in [-0.4, -0.2) is 70.7 Å². The van der Waals surface area contributed by atoms with E-state index in [9.17, 15) is 28.3 Å². The van der Waals surface area contributed by atoms with Crippen molar-refractivity contribution in [2.24, 2.45) is 0 Å². The van der Waals surface area contributed by atoms with E-state index in [1.165, 1.54) is 11.0 Å². The summed E-state index contributed by atoms with van der Waals surface area (Å²) in [5.74, 6) is -3.46. The molecule has 0 aliphatic carbocycles. The van der Waals surface area contributed by atoms with Crippen LogP contribution in [0.2, 0.25) is 0 Å². The van der Waals surface area contributed by atoms with Gasteiger partial charge in [-0.25, -0.2) is 13.2 Å². The molecule has 0 spiro atoms. The molecule has 2 heterocycles. The van der Waals surface area contributed by atoms with Gasteiger partial charge in [0.05, 0.1) is 13.1 Å². The molecule has 0 saturated carbocycles. The second-order valence-corrected chi connectivity index (χ2v) is 6.64. The summed E-state index contributed by atoms with van der Waals surface area (Å²) in [5.41, 5.74) is -1.14. The van der Waals surface area contributed by atoms with Crippen molar-refractivity contribution in [1.29, 1.82) is 5.26 Å². The summed E-state index contributed by atoms with van der Waals surface area (Å²) in [5, 5.41) is 18.6. The van der Waals surface area contributed by atoms with Gasteiger partial charge < -0.3 is 10.0 Å². The summed E-state index contributed by atoms with van der Waals surface area (Å²) in [6.07, 6.45) is -1.72. The molecule has 1 N–H and O–H groups in total. The van der Waals surface area contributed by atoms with E-state index in [1.807, 2.05) is 0 Å². The minimum Gasteiger partial charge on any atom is -0.388 e. The zero-order valence-corrected chi connectivity index (χ0v) is 13.1. The predicted molar refractivity (Wildman–Crippen MR) is 76.4 cm³/mol. The number of aliphatic hydroxyl groups is 1. The SMILES string of the molecule is CC(C)(/C=C(/C#N)C(=O)N1C[C@H](O)[C@@H](F)C1)N1CCC(F)(F)C1. The van der Waals surface area contributed by atoms with Crippen molar-refractivity contribution in [2.75, 3.05) is 26.2 Å². The van der Waals surface area contributed by atoms with Gasteiger partial charge in [0.1, 0.15) is 23.9 Å². The highest BCUT2D eigenvalue weighted by Crippen LogP contribution is 2.33. The van der Waals surface area contributed by atoms with Crippen molar-refractivity contribution >= 4 is 5.91 Å². The second-order valence-electron chi connectivity index (χ2n) is 6.64. The Kier molecular flexibility index (Phi) is 4.74. The average Bonchev–Trinajstić information content (AvgIpc) is 2.99. The molecule has 2 aliphatic heterocycles. The van der Waals surface area contributed by atoms with E-state index in [0.717, 1.165) is 4.90 Å². The summed E-state index contributed by atoms with van der Waals surface area (Å²) < 4.78 is 40.1. The Hall–Kier alpha value is -1.59. The first-order valence-electron chi connectivity index (χ1n) is 7.43. The van der Waals surface area contributed by atoms with Crippen molar-refractivity contribution in [1.82, 2.24) is 9.80 Å². The highest BCUT2D eigenvalue weighted by Gasteiger charge is 2.43. The smallest absolute Gasteiger partial charge is 0.264 e. The summed E-state index contributed by atoms with van der Waals surface area (Å²) in [4.78, 5) is 14.9. The lowest BCUT2D eigenvalue weighted by atomic mass is 9.99. The molecule has 2 fully saturated rings. The topological polar surface area (TPSA) is 67.6 Å². The highest BCUT2D eigenvalue weighted by atomic mass is 19.3. The van der Waals surface area contributed by atoms with Gasteiger partial charge in [-0.15, -0.1) is 0 Å². The maximum Gasteiger partial charge on any atom is 0.264 e. The normalized spacial score (nSPS) is 28.9. The number of hydrogen-bond acceptors (Lipinski definition) is 4. The van der Waals surface area contributed by atoms with Crippen LogP contribution in [0.3, 0.4) is 0 Å². The molecule has 2 saturated heterocycles. The van der Waals surface area contributed by atoms with Gasteiger partial charge in [-0.3, -0.25) is 9.69 Å². The first-order valence-corrected chi connectivity index (χ1v) is 7.43. The van der Waals surface area contributed by atoms with E-state index in [1.54, 1.807) is 19.9 Å². The summed E-state index contributed by atoms with van der Waals surface area (Å²) in [6.45, 7) is 2.57. The van der Waals surface area contributed by atoms with Gasteiger partial charge in [0.25, 0.3) is 11.8 Å². The van der Waals surface area contributed by atoms with Crippen LogP contribution in [0.1, 0.15) is 20.3 Å². The van der Waals surface area contributed by atoms with E-state index < -0.39 is 36.2 Å². The lowest BCUT2D eigenvalue weighted by molar-refractivity contribution is -0.126. The molecule has 0 radical (unpaired) electrons. The van der Waals surface area contributed by atoms with Crippen molar-refractivity contribution in [2.45, 2.75) is 44.0 Å². The minimum absolute atomic E-state index is 0.165. The molecular weight excluding hydrogens is 311 g/mol. The van der Waals surface area contributed by atoms with E-state index in [0.29, 0.717) is 0 Å².